The van der Waals surface area contributed by atoms with Crippen molar-refractivity contribution in [3.05, 3.63) is 54.1 Å². The van der Waals surface area contributed by atoms with Crippen molar-refractivity contribution in [3.8, 4) is 0 Å². The molecule has 0 saturated heterocycles. The molecule has 2 aromatic rings. The number of hydrogen-bond donors (Lipinski definition) is 2. The van der Waals surface area contributed by atoms with Gasteiger partial charge in [0.25, 0.3) is 0 Å². The quantitative estimate of drug-likeness (QED) is 0.912. The van der Waals surface area contributed by atoms with Crippen LogP contribution in [0.1, 0.15) is 42.5 Å². The van der Waals surface area contributed by atoms with E-state index in [9.17, 15) is 4.79 Å². The molecular formula is C18H22N4O. The van der Waals surface area contributed by atoms with Crippen molar-refractivity contribution in [2.45, 2.75) is 37.8 Å². The Bertz CT molecular complexity index is 678. The molecule has 1 heterocycles. The number of carbonyl (C=O) groups excluding carboxylic acids is 1. The van der Waals surface area contributed by atoms with Crippen LogP contribution in [0.2, 0.25) is 0 Å². The molecule has 2 atom stereocenters. The van der Waals surface area contributed by atoms with E-state index in [0.29, 0.717) is 5.92 Å². The van der Waals surface area contributed by atoms with Crippen LogP contribution in [-0.2, 0) is 6.42 Å². The van der Waals surface area contributed by atoms with Gasteiger partial charge in [-0.15, -0.1) is 0 Å². The molecule has 2 amide bonds. The summed E-state index contributed by atoms with van der Waals surface area (Å²) in [6.07, 6.45) is 10.1. The van der Waals surface area contributed by atoms with E-state index < -0.39 is 0 Å². The SMILES string of the molecule is O=C(NCC1CC1)NC1c2ccccc2CCC1n1ccnc1. The van der Waals surface area contributed by atoms with Gasteiger partial charge in [-0.1, -0.05) is 24.3 Å². The summed E-state index contributed by atoms with van der Waals surface area (Å²) in [5.41, 5.74) is 2.55. The van der Waals surface area contributed by atoms with Crippen LogP contribution < -0.4 is 10.6 Å². The molecule has 1 aromatic carbocycles. The second kappa shape index (κ2) is 6.07. The summed E-state index contributed by atoms with van der Waals surface area (Å²) >= 11 is 0. The third-order valence-corrected chi connectivity index (χ3v) is 4.93. The van der Waals surface area contributed by atoms with E-state index in [2.05, 4.69) is 38.4 Å². The number of aryl methyl sites for hydroxylation is 1. The van der Waals surface area contributed by atoms with Crippen LogP contribution in [0, 0.1) is 5.92 Å². The van der Waals surface area contributed by atoms with Crippen LogP contribution in [0.4, 0.5) is 4.79 Å². The summed E-state index contributed by atoms with van der Waals surface area (Å²) in [5, 5.41) is 6.21. The molecule has 2 unspecified atom stereocenters. The molecule has 0 radical (unpaired) electrons. The Balaban J connectivity index is 1.56. The number of nitrogens with one attached hydrogen (secondary N) is 2. The van der Waals surface area contributed by atoms with Crippen molar-refractivity contribution in [2.75, 3.05) is 6.54 Å². The lowest BCUT2D eigenvalue weighted by Crippen LogP contribution is -2.43. The molecule has 23 heavy (non-hydrogen) atoms. The smallest absolute Gasteiger partial charge is 0.315 e. The lowest BCUT2D eigenvalue weighted by molar-refractivity contribution is 0.227. The van der Waals surface area contributed by atoms with E-state index in [1.165, 1.54) is 24.0 Å². The zero-order valence-corrected chi connectivity index (χ0v) is 13.1. The van der Waals surface area contributed by atoms with Gasteiger partial charge < -0.3 is 15.2 Å². The topological polar surface area (TPSA) is 59.0 Å². The van der Waals surface area contributed by atoms with Crippen molar-refractivity contribution in [2.24, 2.45) is 5.92 Å². The summed E-state index contributed by atoms with van der Waals surface area (Å²) in [7, 11) is 0. The number of nitrogens with zero attached hydrogens (tertiary/aromatic N) is 2. The first-order valence-electron chi connectivity index (χ1n) is 8.41. The molecule has 2 aliphatic carbocycles. The average molecular weight is 310 g/mol. The number of rotatable bonds is 4. The molecule has 1 fully saturated rings. The van der Waals surface area contributed by atoms with Crippen molar-refractivity contribution >= 4 is 6.03 Å². The van der Waals surface area contributed by atoms with Gasteiger partial charge in [-0.05, 0) is 42.7 Å². The number of urea groups is 1. The Labute approximate surface area is 136 Å². The summed E-state index contributed by atoms with van der Waals surface area (Å²) in [5.74, 6) is 0.684. The van der Waals surface area contributed by atoms with Gasteiger partial charge in [-0.2, -0.15) is 0 Å². The fourth-order valence-electron chi connectivity index (χ4n) is 3.45. The Hall–Kier alpha value is -2.30. The van der Waals surface area contributed by atoms with E-state index >= 15 is 0 Å². The third kappa shape index (κ3) is 3.09. The molecule has 120 valence electrons. The summed E-state index contributed by atoms with van der Waals surface area (Å²) in [6, 6.07) is 8.53. The van der Waals surface area contributed by atoms with Crippen LogP contribution in [-0.4, -0.2) is 22.1 Å². The summed E-state index contributed by atoms with van der Waals surface area (Å²) < 4.78 is 2.11. The predicted molar refractivity (Wildman–Crippen MR) is 88.0 cm³/mol. The van der Waals surface area contributed by atoms with Gasteiger partial charge in [-0.3, -0.25) is 0 Å². The molecular weight excluding hydrogens is 288 g/mol. The molecule has 5 heteroatoms. The summed E-state index contributed by atoms with van der Waals surface area (Å²) in [6.45, 7) is 0.788. The Morgan fingerprint density at radius 1 is 1.26 bits per heavy atom. The number of hydrogen-bond acceptors (Lipinski definition) is 2. The first kappa shape index (κ1) is 14.3. The maximum atomic E-state index is 12.3. The van der Waals surface area contributed by atoms with Crippen molar-refractivity contribution in [1.82, 2.24) is 20.2 Å². The lowest BCUT2D eigenvalue weighted by Gasteiger charge is -2.35. The highest BCUT2D eigenvalue weighted by atomic mass is 16.2. The van der Waals surface area contributed by atoms with Crippen LogP contribution in [0.5, 0.6) is 0 Å². The Kier molecular flexibility index (Phi) is 3.77. The van der Waals surface area contributed by atoms with Gasteiger partial charge >= 0.3 is 6.03 Å². The standard InChI is InChI=1S/C18H22N4O/c23-18(20-11-13-5-6-13)21-17-15-4-2-1-3-14(15)7-8-16(17)22-10-9-19-12-22/h1-4,9-10,12-13,16-17H,5-8,11H2,(H2,20,21,23). The minimum atomic E-state index is -0.0660. The molecule has 1 aromatic heterocycles. The van der Waals surface area contributed by atoms with Gasteiger partial charge in [0, 0.05) is 18.9 Å². The van der Waals surface area contributed by atoms with E-state index in [-0.39, 0.29) is 18.1 Å². The minimum absolute atomic E-state index is 0.0200. The van der Waals surface area contributed by atoms with Crippen LogP contribution >= 0.6 is 0 Å². The number of aromatic nitrogens is 2. The van der Waals surface area contributed by atoms with Crippen LogP contribution in [0.3, 0.4) is 0 Å². The van der Waals surface area contributed by atoms with Crippen LogP contribution in [0.25, 0.3) is 0 Å². The molecule has 2 N–H and O–H groups in total. The van der Waals surface area contributed by atoms with Gasteiger partial charge in [-0.25, -0.2) is 9.78 Å². The van der Waals surface area contributed by atoms with Crippen molar-refractivity contribution in [1.29, 1.82) is 0 Å². The number of amides is 2. The Morgan fingerprint density at radius 2 is 2.13 bits per heavy atom. The van der Waals surface area contributed by atoms with Crippen LogP contribution in [0.15, 0.2) is 43.0 Å². The zero-order chi connectivity index (χ0) is 15.6. The molecule has 0 spiro atoms. The lowest BCUT2D eigenvalue weighted by atomic mass is 9.84. The van der Waals surface area contributed by atoms with Gasteiger partial charge in [0.15, 0.2) is 0 Å². The summed E-state index contributed by atoms with van der Waals surface area (Å²) in [4.78, 5) is 16.5. The maximum absolute atomic E-state index is 12.3. The fraction of sp³-hybridized carbons (Fsp3) is 0.444. The highest BCUT2D eigenvalue weighted by molar-refractivity contribution is 5.74. The zero-order valence-electron chi connectivity index (χ0n) is 13.1. The average Bonchev–Trinajstić information content (AvgIpc) is 3.25. The van der Waals surface area contributed by atoms with Gasteiger partial charge in [0.1, 0.15) is 0 Å². The molecule has 2 aliphatic rings. The number of carbonyl (C=O) groups is 1. The molecule has 5 nitrogen and oxygen atoms in total. The van der Waals surface area contributed by atoms with E-state index in [1.54, 1.807) is 6.20 Å². The monoisotopic (exact) mass is 310 g/mol. The van der Waals surface area contributed by atoms with Crippen molar-refractivity contribution in [3.63, 3.8) is 0 Å². The molecule has 0 aliphatic heterocycles. The minimum Gasteiger partial charge on any atom is -0.338 e. The fourth-order valence-corrected chi connectivity index (χ4v) is 3.45. The highest BCUT2D eigenvalue weighted by Gasteiger charge is 2.32. The van der Waals surface area contributed by atoms with Gasteiger partial charge in [0.05, 0.1) is 18.4 Å². The first-order valence-corrected chi connectivity index (χ1v) is 8.41. The highest BCUT2D eigenvalue weighted by Crippen LogP contribution is 2.37. The predicted octanol–water partition coefficient (Wildman–Crippen LogP) is 2.82. The van der Waals surface area contributed by atoms with Crippen molar-refractivity contribution < 1.29 is 4.79 Å². The largest absolute Gasteiger partial charge is 0.338 e. The second-order valence-corrected chi connectivity index (χ2v) is 6.59. The van der Waals surface area contributed by atoms with Gasteiger partial charge in [0.2, 0.25) is 0 Å². The second-order valence-electron chi connectivity index (χ2n) is 6.59. The number of benzene rings is 1. The normalized spacial score (nSPS) is 23.1. The molecule has 0 bridgehead atoms. The third-order valence-electron chi connectivity index (χ3n) is 4.93. The number of fused-ring (bicyclic) bond motifs is 1. The van der Waals surface area contributed by atoms with E-state index in [4.69, 9.17) is 0 Å². The number of imidazole rings is 1. The first-order chi connectivity index (χ1) is 11.3. The maximum Gasteiger partial charge on any atom is 0.315 e. The molecule has 4 rings (SSSR count). The molecule has 1 saturated carbocycles. The van der Waals surface area contributed by atoms with E-state index in [1.807, 2.05) is 18.6 Å². The Morgan fingerprint density at radius 3 is 2.91 bits per heavy atom. The van der Waals surface area contributed by atoms with E-state index in [0.717, 1.165) is 19.4 Å².